The third kappa shape index (κ3) is 4.39. The number of carbonyl (C=O) groups excluding carboxylic acids is 1. The summed E-state index contributed by atoms with van der Waals surface area (Å²) in [6.07, 6.45) is 1.98. The SMILES string of the molecule is N#CC1CC(O)(c2ccc3ccccc3c2)C1.NC(=O)C1CC(O)(c2ccc3ccccc3c2)C1. The molecule has 2 fully saturated rings. The quantitative estimate of drug-likeness (QED) is 0.401. The third-order valence-electron chi connectivity index (χ3n) is 7.49. The van der Waals surface area contributed by atoms with Crippen molar-refractivity contribution in [3.63, 3.8) is 0 Å². The number of hydrogen-bond acceptors (Lipinski definition) is 4. The smallest absolute Gasteiger partial charge is 0.220 e. The van der Waals surface area contributed by atoms with E-state index in [-0.39, 0.29) is 17.7 Å². The highest BCUT2D eigenvalue weighted by Gasteiger charge is 2.46. The summed E-state index contributed by atoms with van der Waals surface area (Å²) < 4.78 is 0. The molecule has 5 heteroatoms. The highest BCUT2D eigenvalue weighted by Crippen LogP contribution is 2.46. The molecule has 4 N–H and O–H groups in total. The molecule has 0 aliphatic heterocycles. The number of aliphatic hydroxyl groups is 2. The summed E-state index contributed by atoms with van der Waals surface area (Å²) in [5.41, 5.74) is 5.37. The minimum Gasteiger partial charge on any atom is -0.385 e. The molecule has 5 nitrogen and oxygen atoms in total. The lowest BCUT2D eigenvalue weighted by Gasteiger charge is -2.42. The summed E-state index contributed by atoms with van der Waals surface area (Å²) in [6.45, 7) is 0. The maximum absolute atomic E-state index is 11.0. The van der Waals surface area contributed by atoms with Crippen molar-refractivity contribution in [2.24, 2.45) is 17.6 Å². The van der Waals surface area contributed by atoms with Gasteiger partial charge in [0.25, 0.3) is 0 Å². The fourth-order valence-electron chi connectivity index (χ4n) is 5.23. The lowest BCUT2D eigenvalue weighted by atomic mass is 9.67. The summed E-state index contributed by atoms with van der Waals surface area (Å²) >= 11 is 0. The Morgan fingerprint density at radius 3 is 1.60 bits per heavy atom. The van der Waals surface area contributed by atoms with Crippen LogP contribution in [0.2, 0.25) is 0 Å². The zero-order chi connectivity index (χ0) is 24.6. The Labute approximate surface area is 204 Å². The Bertz CT molecular complexity index is 1440. The minimum atomic E-state index is -0.885. The average molecular weight is 465 g/mol. The number of benzene rings is 4. The summed E-state index contributed by atoms with van der Waals surface area (Å²) in [7, 11) is 0. The second kappa shape index (κ2) is 8.81. The van der Waals surface area contributed by atoms with E-state index in [2.05, 4.69) is 12.1 Å². The molecule has 0 aromatic heterocycles. The molecule has 1 amide bonds. The molecule has 2 aliphatic carbocycles. The van der Waals surface area contributed by atoms with E-state index in [0.717, 1.165) is 27.3 Å². The van der Waals surface area contributed by atoms with Crippen molar-refractivity contribution in [3.05, 3.63) is 96.1 Å². The van der Waals surface area contributed by atoms with E-state index in [1.807, 2.05) is 78.9 Å². The molecule has 0 bridgehead atoms. The van der Waals surface area contributed by atoms with Gasteiger partial charge in [0.1, 0.15) is 0 Å². The zero-order valence-electron chi connectivity index (χ0n) is 19.4. The van der Waals surface area contributed by atoms with Gasteiger partial charge in [-0.1, -0.05) is 72.8 Å². The van der Waals surface area contributed by atoms with Crippen LogP contribution in [-0.2, 0) is 16.0 Å². The summed E-state index contributed by atoms with van der Waals surface area (Å²) in [6, 6.07) is 30.3. The van der Waals surface area contributed by atoms with E-state index in [4.69, 9.17) is 11.0 Å². The van der Waals surface area contributed by atoms with Gasteiger partial charge >= 0.3 is 0 Å². The fourth-order valence-corrected chi connectivity index (χ4v) is 5.23. The lowest BCUT2D eigenvalue weighted by Crippen LogP contribution is -2.46. The van der Waals surface area contributed by atoms with Crippen LogP contribution in [0.1, 0.15) is 36.8 Å². The highest BCUT2D eigenvalue weighted by molar-refractivity contribution is 5.84. The second-order valence-electron chi connectivity index (χ2n) is 9.93. The largest absolute Gasteiger partial charge is 0.385 e. The predicted molar refractivity (Wildman–Crippen MR) is 136 cm³/mol. The molecule has 6 rings (SSSR count). The molecule has 4 aromatic rings. The number of primary amides is 1. The number of nitrogens with two attached hydrogens (primary N) is 1. The molecule has 4 aromatic carbocycles. The maximum atomic E-state index is 11.0. The van der Waals surface area contributed by atoms with Crippen molar-refractivity contribution < 1.29 is 15.0 Å². The van der Waals surface area contributed by atoms with Gasteiger partial charge in [-0.05, 0) is 70.5 Å². The zero-order valence-corrected chi connectivity index (χ0v) is 19.4. The lowest BCUT2D eigenvalue weighted by molar-refractivity contribution is -0.139. The van der Waals surface area contributed by atoms with Gasteiger partial charge in [-0.3, -0.25) is 4.79 Å². The number of hydrogen-bond donors (Lipinski definition) is 3. The molecule has 0 heterocycles. The van der Waals surface area contributed by atoms with E-state index < -0.39 is 11.2 Å². The molecule has 2 saturated carbocycles. The predicted octanol–water partition coefficient (Wildman–Crippen LogP) is 4.88. The Kier molecular flexibility index (Phi) is 5.80. The number of nitriles is 1. The first-order chi connectivity index (χ1) is 16.8. The van der Waals surface area contributed by atoms with Crippen molar-refractivity contribution in [2.75, 3.05) is 0 Å². The molecule has 176 valence electrons. The Morgan fingerprint density at radius 1 is 0.743 bits per heavy atom. The normalized spacial score (nSPS) is 27.1. The van der Waals surface area contributed by atoms with Crippen LogP contribution < -0.4 is 5.73 Å². The number of amides is 1. The van der Waals surface area contributed by atoms with Crippen molar-refractivity contribution in [1.82, 2.24) is 0 Å². The van der Waals surface area contributed by atoms with Crippen LogP contribution in [-0.4, -0.2) is 16.1 Å². The number of carbonyl (C=O) groups is 1. The van der Waals surface area contributed by atoms with Gasteiger partial charge in [-0.25, -0.2) is 0 Å². The van der Waals surface area contributed by atoms with E-state index in [1.54, 1.807) is 0 Å². The summed E-state index contributed by atoms with van der Waals surface area (Å²) in [5, 5.41) is 34.2. The molecule has 0 atom stereocenters. The topological polar surface area (TPSA) is 107 Å². The van der Waals surface area contributed by atoms with Crippen molar-refractivity contribution >= 4 is 27.5 Å². The summed E-state index contributed by atoms with van der Waals surface area (Å²) in [5.74, 6) is -0.506. The Balaban J connectivity index is 0.000000145. The van der Waals surface area contributed by atoms with E-state index >= 15 is 0 Å². The van der Waals surface area contributed by atoms with Gasteiger partial charge in [-0.2, -0.15) is 5.26 Å². The van der Waals surface area contributed by atoms with Gasteiger partial charge in [0, 0.05) is 5.92 Å². The van der Waals surface area contributed by atoms with Crippen molar-refractivity contribution in [2.45, 2.75) is 36.9 Å². The standard InChI is InChI=1S/C15H15NO2.C15H13NO/c16-14(17)12-8-15(18,9-12)13-6-5-10-3-1-2-4-11(10)7-13;16-10-11-8-15(17,9-11)14-6-5-12-3-1-2-4-13(12)7-14/h1-7,12,18H,8-9H2,(H2,16,17);1-7,11,17H,8-9H2. The first-order valence-electron chi connectivity index (χ1n) is 11.9. The molecular weight excluding hydrogens is 436 g/mol. The van der Waals surface area contributed by atoms with Gasteiger partial charge < -0.3 is 15.9 Å². The van der Waals surface area contributed by atoms with E-state index in [9.17, 15) is 15.0 Å². The van der Waals surface area contributed by atoms with Crippen LogP contribution in [0.3, 0.4) is 0 Å². The van der Waals surface area contributed by atoms with Crippen LogP contribution in [0.15, 0.2) is 84.9 Å². The van der Waals surface area contributed by atoms with Crippen molar-refractivity contribution in [1.29, 1.82) is 5.26 Å². The molecular formula is C30H28N2O3. The third-order valence-corrected chi connectivity index (χ3v) is 7.49. The van der Waals surface area contributed by atoms with E-state index in [0.29, 0.717) is 25.7 Å². The molecule has 0 radical (unpaired) electrons. The average Bonchev–Trinajstić information content (AvgIpc) is 2.84. The van der Waals surface area contributed by atoms with Crippen LogP contribution in [0.4, 0.5) is 0 Å². The fraction of sp³-hybridized carbons (Fsp3) is 0.267. The second-order valence-corrected chi connectivity index (χ2v) is 9.93. The molecule has 2 aliphatic rings. The number of fused-ring (bicyclic) bond motifs is 2. The first-order valence-corrected chi connectivity index (χ1v) is 11.9. The maximum Gasteiger partial charge on any atom is 0.220 e. The van der Waals surface area contributed by atoms with Gasteiger partial charge in [0.2, 0.25) is 5.91 Å². The van der Waals surface area contributed by atoms with Gasteiger partial charge in [-0.15, -0.1) is 0 Å². The number of rotatable bonds is 3. The highest BCUT2D eigenvalue weighted by atomic mass is 16.3. The molecule has 0 unspecified atom stereocenters. The van der Waals surface area contributed by atoms with Gasteiger partial charge in [0.05, 0.1) is 23.2 Å². The van der Waals surface area contributed by atoms with Crippen LogP contribution >= 0.6 is 0 Å². The van der Waals surface area contributed by atoms with Crippen molar-refractivity contribution in [3.8, 4) is 6.07 Å². The molecule has 35 heavy (non-hydrogen) atoms. The van der Waals surface area contributed by atoms with Crippen LogP contribution in [0, 0.1) is 23.2 Å². The first kappa shape index (κ1) is 23.0. The Hall–Kier alpha value is -3.72. The monoisotopic (exact) mass is 464 g/mol. The summed E-state index contributed by atoms with van der Waals surface area (Å²) in [4.78, 5) is 11.0. The number of nitrogens with zero attached hydrogens (tertiary/aromatic N) is 1. The minimum absolute atomic E-state index is 0.00599. The Morgan fingerprint density at radius 2 is 1.17 bits per heavy atom. The van der Waals surface area contributed by atoms with E-state index in [1.165, 1.54) is 5.39 Å². The van der Waals surface area contributed by atoms with Gasteiger partial charge in [0.15, 0.2) is 0 Å². The van der Waals surface area contributed by atoms with Crippen LogP contribution in [0.25, 0.3) is 21.5 Å². The molecule has 0 spiro atoms. The molecule has 0 saturated heterocycles. The van der Waals surface area contributed by atoms with Crippen LogP contribution in [0.5, 0.6) is 0 Å².